The molecule has 108 valence electrons. The smallest absolute Gasteiger partial charge is 0.252 e. The van der Waals surface area contributed by atoms with E-state index < -0.39 is 0 Å². The summed E-state index contributed by atoms with van der Waals surface area (Å²) in [6.45, 7) is 0. The number of nitrogens with zero attached hydrogens (tertiary/aromatic N) is 2. The number of fused-ring (bicyclic) bond motifs is 1. The zero-order chi connectivity index (χ0) is 13.5. The van der Waals surface area contributed by atoms with E-state index >= 15 is 0 Å². The highest BCUT2D eigenvalue weighted by Crippen LogP contribution is 2.32. The Hall–Kier alpha value is 0.110. The number of hydrogen-bond acceptors (Lipinski definition) is 2. The van der Waals surface area contributed by atoms with E-state index in [2.05, 4.69) is 80.3 Å². The lowest BCUT2D eigenvalue weighted by atomic mass is 10.2. The normalized spacial score (nSPS) is 24.4. The van der Waals surface area contributed by atoms with E-state index in [0.29, 0.717) is 0 Å². The summed E-state index contributed by atoms with van der Waals surface area (Å²) >= 11 is 10.9. The van der Waals surface area contributed by atoms with Crippen LogP contribution < -0.4 is 27.7 Å². The minimum atomic E-state index is -0.262. The molecule has 0 spiro atoms. The van der Waals surface area contributed by atoms with Gasteiger partial charge in [-0.15, -0.1) is 0 Å². The Morgan fingerprint density at radius 1 is 1.35 bits per heavy atom. The van der Waals surface area contributed by atoms with Crippen molar-refractivity contribution in [2.24, 2.45) is 0 Å². The van der Waals surface area contributed by atoms with E-state index in [-0.39, 0.29) is 26.4 Å². The third-order valence-corrected chi connectivity index (χ3v) is 7.34. The number of quaternary nitrogens is 1. The second kappa shape index (κ2) is 6.48. The van der Waals surface area contributed by atoms with Crippen molar-refractivity contribution in [1.82, 2.24) is 9.66 Å². The molecule has 0 bridgehead atoms. The number of anilines is 1. The SMILES string of the molecule is BrCC1(Br)Nc2ncc(-c3ccccc3)n2[NH2+]C1Br.[Br-]. The summed E-state index contributed by atoms with van der Waals surface area (Å²) in [5.74, 6) is 0.839. The number of nitrogens with one attached hydrogen (secondary N) is 1. The number of rotatable bonds is 2. The number of halogens is 4. The van der Waals surface area contributed by atoms with Crippen LogP contribution in [0.1, 0.15) is 0 Å². The Bertz CT molecular complexity index is 588. The molecule has 1 aliphatic heterocycles. The highest BCUT2D eigenvalue weighted by Gasteiger charge is 2.43. The van der Waals surface area contributed by atoms with Crippen LogP contribution in [-0.4, -0.2) is 24.4 Å². The third-order valence-electron chi connectivity index (χ3n) is 3.10. The minimum absolute atomic E-state index is 0. The summed E-state index contributed by atoms with van der Waals surface area (Å²) in [4.78, 5) is 4.60. The molecule has 2 heterocycles. The summed E-state index contributed by atoms with van der Waals surface area (Å²) in [5, 5.41) is 4.17. The molecule has 0 saturated heterocycles. The molecule has 3 N–H and O–H groups in total. The Balaban J connectivity index is 0.00000147. The number of alkyl halides is 3. The van der Waals surface area contributed by atoms with Crippen molar-refractivity contribution in [3.8, 4) is 11.3 Å². The zero-order valence-electron chi connectivity index (χ0n) is 10.2. The van der Waals surface area contributed by atoms with Gasteiger partial charge in [-0.3, -0.25) is 0 Å². The Kier molecular flexibility index (Phi) is 5.34. The lowest BCUT2D eigenvalue weighted by molar-refractivity contribution is -0.722. The first-order valence-electron chi connectivity index (χ1n) is 5.79. The number of benzene rings is 1. The van der Waals surface area contributed by atoms with Crippen LogP contribution in [0.4, 0.5) is 5.95 Å². The van der Waals surface area contributed by atoms with Crippen LogP contribution in [0.5, 0.6) is 0 Å². The fourth-order valence-electron chi connectivity index (χ4n) is 2.04. The van der Waals surface area contributed by atoms with Gasteiger partial charge in [-0.2, -0.15) is 4.68 Å². The highest BCUT2D eigenvalue weighted by molar-refractivity contribution is 9.14. The molecule has 0 saturated carbocycles. The molecular formula is C12H12Br4N4. The number of aromatic nitrogens is 2. The van der Waals surface area contributed by atoms with Gasteiger partial charge in [-0.1, -0.05) is 62.2 Å². The molecule has 1 aliphatic rings. The van der Waals surface area contributed by atoms with E-state index in [1.54, 1.807) is 0 Å². The first-order valence-corrected chi connectivity index (χ1v) is 8.62. The summed E-state index contributed by atoms with van der Waals surface area (Å²) in [6.07, 6.45) is 1.89. The molecule has 1 aromatic carbocycles. The zero-order valence-corrected chi connectivity index (χ0v) is 16.6. The van der Waals surface area contributed by atoms with Crippen LogP contribution >= 0.6 is 47.8 Å². The van der Waals surface area contributed by atoms with Crippen LogP contribution in [0.2, 0.25) is 0 Å². The summed E-state index contributed by atoms with van der Waals surface area (Å²) < 4.78 is 1.82. The van der Waals surface area contributed by atoms with Crippen molar-refractivity contribution in [3.63, 3.8) is 0 Å². The lowest BCUT2D eigenvalue weighted by Crippen LogP contribution is -3.00. The third kappa shape index (κ3) is 2.85. The molecule has 0 fully saturated rings. The van der Waals surface area contributed by atoms with Gasteiger partial charge in [0.2, 0.25) is 0 Å². The quantitative estimate of drug-likeness (QED) is 0.312. The summed E-state index contributed by atoms with van der Waals surface area (Å²) in [5.41, 5.74) is 4.36. The minimum Gasteiger partial charge on any atom is -1.00 e. The number of hydrogen-bond donors (Lipinski definition) is 2. The number of nitrogens with two attached hydrogens (primary N) is 1. The molecule has 20 heavy (non-hydrogen) atoms. The van der Waals surface area contributed by atoms with Crippen LogP contribution in [0.15, 0.2) is 36.5 Å². The van der Waals surface area contributed by atoms with Crippen molar-refractivity contribution >= 4 is 53.7 Å². The standard InChI is InChI=1S/C12H11Br3N4.BrH/c13-7-12(15)10(14)18-19-9(6-16-11(19)17-12)8-4-2-1-3-5-8;/h1-6,10,18H,7H2,(H,16,17);1H. The van der Waals surface area contributed by atoms with Gasteiger partial charge >= 0.3 is 0 Å². The van der Waals surface area contributed by atoms with E-state index in [0.717, 1.165) is 22.5 Å². The lowest BCUT2D eigenvalue weighted by Gasteiger charge is -2.34. The average Bonchev–Trinajstić information content (AvgIpc) is 2.83. The van der Waals surface area contributed by atoms with Crippen molar-refractivity contribution in [1.29, 1.82) is 0 Å². The fraction of sp³-hybridized carbons (Fsp3) is 0.250. The van der Waals surface area contributed by atoms with Gasteiger partial charge in [-0.05, 0) is 15.9 Å². The molecule has 2 unspecified atom stereocenters. The molecule has 0 aliphatic carbocycles. The molecule has 2 atom stereocenters. The second-order valence-electron chi connectivity index (χ2n) is 4.38. The molecule has 1 aromatic heterocycles. The van der Waals surface area contributed by atoms with Gasteiger partial charge < -0.3 is 22.3 Å². The highest BCUT2D eigenvalue weighted by atomic mass is 79.9. The van der Waals surface area contributed by atoms with Crippen LogP contribution in [0, 0.1) is 0 Å². The molecule has 8 heteroatoms. The van der Waals surface area contributed by atoms with Gasteiger partial charge in [0, 0.05) is 10.9 Å². The maximum Gasteiger partial charge on any atom is 0.252 e. The van der Waals surface area contributed by atoms with Crippen LogP contribution in [0.3, 0.4) is 0 Å². The van der Waals surface area contributed by atoms with Gasteiger partial charge in [0.15, 0.2) is 9.40 Å². The maximum atomic E-state index is 4.46. The van der Waals surface area contributed by atoms with E-state index in [1.807, 2.05) is 24.4 Å². The molecule has 2 aromatic rings. The second-order valence-corrected chi connectivity index (χ2v) is 7.34. The van der Waals surface area contributed by atoms with E-state index in [4.69, 9.17) is 0 Å². The van der Waals surface area contributed by atoms with Gasteiger partial charge in [0.05, 0.1) is 6.20 Å². The van der Waals surface area contributed by atoms with Gasteiger partial charge in [0.1, 0.15) is 5.69 Å². The van der Waals surface area contributed by atoms with Crippen molar-refractivity contribution < 1.29 is 22.4 Å². The predicted octanol–water partition coefficient (Wildman–Crippen LogP) is -0.487. The van der Waals surface area contributed by atoms with Gasteiger partial charge in [-0.25, -0.2) is 10.4 Å². The van der Waals surface area contributed by atoms with Crippen LogP contribution in [-0.2, 0) is 0 Å². The van der Waals surface area contributed by atoms with Crippen LogP contribution in [0.25, 0.3) is 11.3 Å². The van der Waals surface area contributed by atoms with Crippen molar-refractivity contribution in [2.75, 3.05) is 10.6 Å². The van der Waals surface area contributed by atoms with E-state index in [1.165, 1.54) is 0 Å². The Labute approximate surface area is 152 Å². The summed E-state index contributed by atoms with van der Waals surface area (Å²) in [7, 11) is 0. The Morgan fingerprint density at radius 3 is 2.70 bits per heavy atom. The topological polar surface area (TPSA) is 46.5 Å². The fourth-order valence-corrected chi connectivity index (χ4v) is 3.77. The molecular weight excluding hydrogens is 520 g/mol. The maximum absolute atomic E-state index is 4.46. The van der Waals surface area contributed by atoms with E-state index in [9.17, 15) is 0 Å². The first-order chi connectivity index (χ1) is 9.14. The molecule has 4 nitrogen and oxygen atoms in total. The molecule has 0 radical (unpaired) electrons. The number of imidazole rings is 1. The predicted molar refractivity (Wildman–Crippen MR) is 86.8 cm³/mol. The monoisotopic (exact) mass is 528 g/mol. The van der Waals surface area contributed by atoms with Gasteiger partial charge in [0.25, 0.3) is 5.95 Å². The van der Waals surface area contributed by atoms with Crippen molar-refractivity contribution in [3.05, 3.63) is 36.5 Å². The molecule has 0 amide bonds. The van der Waals surface area contributed by atoms with Crippen molar-refractivity contribution in [2.45, 2.75) is 9.40 Å². The largest absolute Gasteiger partial charge is 1.00 e. The first kappa shape index (κ1) is 16.5. The average molecular weight is 532 g/mol. The molecule has 3 rings (SSSR count). The summed E-state index contributed by atoms with van der Waals surface area (Å²) in [6, 6.07) is 10.2. The Morgan fingerprint density at radius 2 is 2.05 bits per heavy atom.